The molecule has 0 spiro atoms. The Balaban J connectivity index is 1.67. The molecule has 0 saturated carbocycles. The largest absolute Gasteiger partial charge is 0.494 e. The van der Waals surface area contributed by atoms with Crippen LogP contribution in [0.4, 0.5) is 5.69 Å². The number of unbranched alkanes of at least 4 members (excludes halogenated alkanes) is 1. The van der Waals surface area contributed by atoms with Gasteiger partial charge in [-0.05, 0) is 68.5 Å². The van der Waals surface area contributed by atoms with Gasteiger partial charge in [-0.2, -0.15) is 0 Å². The van der Waals surface area contributed by atoms with E-state index in [4.69, 9.17) is 15.2 Å². The predicted molar refractivity (Wildman–Crippen MR) is 91.7 cm³/mol. The lowest BCUT2D eigenvalue weighted by molar-refractivity contribution is 0.265. The number of anilines is 1. The molecule has 0 radical (unpaired) electrons. The zero-order valence-corrected chi connectivity index (χ0v) is 13.7. The number of aryl methyl sites for hydroxylation is 3. The summed E-state index contributed by atoms with van der Waals surface area (Å²) in [7, 11) is 0. The van der Waals surface area contributed by atoms with E-state index in [-0.39, 0.29) is 0 Å². The molecule has 0 atom stereocenters. The molecule has 0 bridgehead atoms. The second-order valence-corrected chi connectivity index (χ2v) is 5.68. The van der Waals surface area contributed by atoms with Gasteiger partial charge in [0.2, 0.25) is 0 Å². The molecule has 0 amide bonds. The molecule has 3 heteroatoms. The number of nitrogen functional groups attached to an aromatic ring is 1. The number of nitrogens with two attached hydrogens (primary N) is 1. The van der Waals surface area contributed by atoms with Gasteiger partial charge in [0.15, 0.2) is 0 Å². The van der Waals surface area contributed by atoms with Gasteiger partial charge in [0.25, 0.3) is 0 Å². The van der Waals surface area contributed by atoms with Gasteiger partial charge in [-0.15, -0.1) is 0 Å². The molecule has 0 unspecified atom stereocenters. The third kappa shape index (κ3) is 4.69. The third-order valence-electron chi connectivity index (χ3n) is 3.76. The van der Waals surface area contributed by atoms with Crippen molar-refractivity contribution < 1.29 is 9.47 Å². The summed E-state index contributed by atoms with van der Waals surface area (Å²) in [6.07, 6.45) is 1.92. The first-order valence-electron chi connectivity index (χ1n) is 7.75. The number of hydrogen-bond acceptors (Lipinski definition) is 3. The second kappa shape index (κ2) is 7.74. The van der Waals surface area contributed by atoms with Crippen LogP contribution >= 0.6 is 0 Å². The van der Waals surface area contributed by atoms with Gasteiger partial charge in [-0.25, -0.2) is 0 Å². The van der Waals surface area contributed by atoms with Crippen molar-refractivity contribution in [3.8, 4) is 11.5 Å². The lowest BCUT2D eigenvalue weighted by atomic mass is 10.1. The molecular weight excluding hydrogens is 274 g/mol. The van der Waals surface area contributed by atoms with Crippen molar-refractivity contribution in [3.05, 3.63) is 53.1 Å². The maximum Gasteiger partial charge on any atom is 0.124 e. The first kappa shape index (κ1) is 16.2. The highest BCUT2D eigenvalue weighted by Crippen LogP contribution is 2.21. The molecule has 118 valence electrons. The molecule has 0 fully saturated rings. The van der Waals surface area contributed by atoms with Crippen LogP contribution in [0.25, 0.3) is 0 Å². The fourth-order valence-electron chi connectivity index (χ4n) is 2.15. The van der Waals surface area contributed by atoms with Crippen molar-refractivity contribution in [2.24, 2.45) is 0 Å². The van der Waals surface area contributed by atoms with Crippen molar-refractivity contribution in [2.75, 3.05) is 18.9 Å². The van der Waals surface area contributed by atoms with Crippen molar-refractivity contribution in [1.82, 2.24) is 0 Å². The highest BCUT2D eigenvalue weighted by Gasteiger charge is 2.01. The van der Waals surface area contributed by atoms with Crippen LogP contribution in [0.1, 0.15) is 29.5 Å². The van der Waals surface area contributed by atoms with Crippen LogP contribution < -0.4 is 15.2 Å². The molecule has 0 heterocycles. The van der Waals surface area contributed by atoms with Crippen LogP contribution in [0.5, 0.6) is 11.5 Å². The minimum absolute atomic E-state index is 0.681. The van der Waals surface area contributed by atoms with E-state index in [2.05, 4.69) is 26.0 Å². The molecule has 22 heavy (non-hydrogen) atoms. The van der Waals surface area contributed by atoms with E-state index in [0.29, 0.717) is 13.2 Å². The van der Waals surface area contributed by atoms with Crippen molar-refractivity contribution in [3.63, 3.8) is 0 Å². The summed E-state index contributed by atoms with van der Waals surface area (Å²) in [6.45, 7) is 7.62. The Morgan fingerprint density at radius 3 is 2.18 bits per heavy atom. The Labute approximate surface area is 133 Å². The van der Waals surface area contributed by atoms with Gasteiger partial charge >= 0.3 is 0 Å². The summed E-state index contributed by atoms with van der Waals surface area (Å²) < 4.78 is 11.5. The highest BCUT2D eigenvalue weighted by molar-refractivity contribution is 5.47. The average molecular weight is 299 g/mol. The van der Waals surface area contributed by atoms with E-state index in [1.807, 2.05) is 31.2 Å². The Hall–Kier alpha value is -2.16. The number of benzene rings is 2. The van der Waals surface area contributed by atoms with Crippen molar-refractivity contribution in [1.29, 1.82) is 0 Å². The maximum absolute atomic E-state index is 5.77. The molecule has 0 aliphatic heterocycles. The Morgan fingerprint density at radius 1 is 0.773 bits per heavy atom. The van der Waals surface area contributed by atoms with Gasteiger partial charge in [0.1, 0.15) is 11.5 Å². The van der Waals surface area contributed by atoms with Gasteiger partial charge < -0.3 is 15.2 Å². The first-order valence-corrected chi connectivity index (χ1v) is 7.75. The van der Waals surface area contributed by atoms with Crippen LogP contribution in [-0.2, 0) is 0 Å². The van der Waals surface area contributed by atoms with Crippen LogP contribution in [0.2, 0.25) is 0 Å². The first-order chi connectivity index (χ1) is 10.6. The summed E-state index contributed by atoms with van der Waals surface area (Å²) in [5.74, 6) is 1.81. The number of hydrogen-bond donors (Lipinski definition) is 1. The molecule has 2 N–H and O–H groups in total. The fourth-order valence-corrected chi connectivity index (χ4v) is 2.15. The SMILES string of the molecule is Cc1ccc(OCCCCOc2cc(N)ccc2C)cc1C. The lowest BCUT2D eigenvalue weighted by Gasteiger charge is -2.11. The van der Waals surface area contributed by atoms with Gasteiger partial charge in [-0.1, -0.05) is 12.1 Å². The van der Waals surface area contributed by atoms with Crippen LogP contribution in [0.3, 0.4) is 0 Å². The Kier molecular flexibility index (Phi) is 5.70. The van der Waals surface area contributed by atoms with E-state index in [0.717, 1.165) is 35.6 Å². The average Bonchev–Trinajstić information content (AvgIpc) is 2.49. The molecule has 2 aromatic rings. The van der Waals surface area contributed by atoms with E-state index in [9.17, 15) is 0 Å². The predicted octanol–water partition coefficient (Wildman–Crippen LogP) is 4.43. The number of ether oxygens (including phenoxy) is 2. The standard InChI is InChI=1S/C19H25NO2/c1-14-7-9-18(12-16(14)3)21-10-4-5-11-22-19-13-17(20)8-6-15(19)2/h6-9,12-13H,4-5,10-11,20H2,1-3H3. The minimum atomic E-state index is 0.681. The molecular formula is C19H25NO2. The molecule has 2 rings (SSSR count). The summed E-state index contributed by atoms with van der Waals surface area (Å²) in [5, 5.41) is 0. The van der Waals surface area contributed by atoms with Crippen molar-refractivity contribution >= 4 is 5.69 Å². The summed E-state index contributed by atoms with van der Waals surface area (Å²) in [4.78, 5) is 0. The van der Waals surface area contributed by atoms with Crippen LogP contribution in [0, 0.1) is 20.8 Å². The quantitative estimate of drug-likeness (QED) is 0.607. The fraction of sp³-hybridized carbons (Fsp3) is 0.368. The Bertz CT molecular complexity index is 623. The monoisotopic (exact) mass is 299 g/mol. The normalized spacial score (nSPS) is 10.5. The lowest BCUT2D eigenvalue weighted by Crippen LogP contribution is -2.03. The summed E-state index contributed by atoms with van der Waals surface area (Å²) >= 11 is 0. The van der Waals surface area contributed by atoms with E-state index in [1.165, 1.54) is 11.1 Å². The topological polar surface area (TPSA) is 44.5 Å². The summed E-state index contributed by atoms with van der Waals surface area (Å²) in [5.41, 5.74) is 10.2. The van der Waals surface area contributed by atoms with E-state index in [1.54, 1.807) is 0 Å². The zero-order valence-electron chi connectivity index (χ0n) is 13.7. The molecule has 2 aromatic carbocycles. The molecule has 0 aromatic heterocycles. The van der Waals surface area contributed by atoms with Crippen LogP contribution in [-0.4, -0.2) is 13.2 Å². The van der Waals surface area contributed by atoms with Gasteiger partial charge in [0.05, 0.1) is 13.2 Å². The van der Waals surface area contributed by atoms with Crippen LogP contribution in [0.15, 0.2) is 36.4 Å². The highest BCUT2D eigenvalue weighted by atomic mass is 16.5. The smallest absolute Gasteiger partial charge is 0.124 e. The molecule has 3 nitrogen and oxygen atoms in total. The number of rotatable bonds is 7. The zero-order chi connectivity index (χ0) is 15.9. The second-order valence-electron chi connectivity index (χ2n) is 5.68. The van der Waals surface area contributed by atoms with E-state index < -0.39 is 0 Å². The summed E-state index contributed by atoms with van der Waals surface area (Å²) in [6, 6.07) is 11.9. The van der Waals surface area contributed by atoms with Gasteiger partial charge in [0, 0.05) is 11.8 Å². The molecule has 0 aliphatic carbocycles. The Morgan fingerprint density at radius 2 is 1.45 bits per heavy atom. The van der Waals surface area contributed by atoms with Gasteiger partial charge in [-0.3, -0.25) is 0 Å². The van der Waals surface area contributed by atoms with E-state index >= 15 is 0 Å². The molecule has 0 saturated heterocycles. The third-order valence-corrected chi connectivity index (χ3v) is 3.76. The molecule has 0 aliphatic rings. The minimum Gasteiger partial charge on any atom is -0.494 e. The van der Waals surface area contributed by atoms with Crippen molar-refractivity contribution in [2.45, 2.75) is 33.6 Å². The maximum atomic E-state index is 5.77.